The summed E-state index contributed by atoms with van der Waals surface area (Å²) in [4.78, 5) is 17.7. The van der Waals surface area contributed by atoms with E-state index in [2.05, 4.69) is 15.5 Å². The second-order valence-corrected chi connectivity index (χ2v) is 7.72. The van der Waals surface area contributed by atoms with Crippen LogP contribution in [0.3, 0.4) is 0 Å². The summed E-state index contributed by atoms with van der Waals surface area (Å²) in [6.45, 7) is -0.0149. The van der Waals surface area contributed by atoms with Crippen molar-refractivity contribution >= 4 is 17.0 Å². The van der Waals surface area contributed by atoms with Crippen molar-refractivity contribution in [3.05, 3.63) is 83.3 Å². The summed E-state index contributed by atoms with van der Waals surface area (Å²) in [5.41, 5.74) is 3.45. The molecule has 1 amide bonds. The van der Waals surface area contributed by atoms with Crippen molar-refractivity contribution in [2.45, 2.75) is 24.9 Å². The highest BCUT2D eigenvalue weighted by Crippen LogP contribution is 2.41. The number of pyridine rings is 1. The Morgan fingerprint density at radius 2 is 1.90 bits per heavy atom. The van der Waals surface area contributed by atoms with Gasteiger partial charge < -0.3 is 14.9 Å². The van der Waals surface area contributed by atoms with Crippen LogP contribution in [0, 0.1) is 5.82 Å². The molecule has 1 aliphatic rings. The number of aliphatic hydroxyl groups excluding tert-OH is 1. The summed E-state index contributed by atoms with van der Waals surface area (Å²) < 4.78 is 18.6. The van der Waals surface area contributed by atoms with Crippen LogP contribution in [0.1, 0.15) is 46.5 Å². The number of aromatic nitrogens is 2. The van der Waals surface area contributed by atoms with Gasteiger partial charge in [-0.05, 0) is 36.6 Å². The second kappa shape index (κ2) is 7.92. The molecule has 1 unspecified atom stereocenters. The normalized spacial score (nSPS) is 14.5. The Labute approximate surface area is 177 Å². The summed E-state index contributed by atoms with van der Waals surface area (Å²) in [6.07, 6.45) is 1.10. The highest BCUT2D eigenvalue weighted by Gasteiger charge is 2.29. The highest BCUT2D eigenvalue weighted by molar-refractivity contribution is 6.09. The molecule has 2 N–H and O–H groups in total. The van der Waals surface area contributed by atoms with Crippen molar-refractivity contribution in [3.63, 3.8) is 0 Å². The van der Waals surface area contributed by atoms with Crippen molar-refractivity contribution in [2.24, 2.45) is 0 Å². The molecule has 6 nitrogen and oxygen atoms in total. The van der Waals surface area contributed by atoms with Crippen LogP contribution in [0.5, 0.6) is 0 Å². The Morgan fingerprint density at radius 1 is 1.16 bits per heavy atom. The fourth-order valence-corrected chi connectivity index (χ4v) is 3.62. The van der Waals surface area contributed by atoms with Gasteiger partial charge in [0.2, 0.25) is 0 Å². The lowest BCUT2D eigenvalue weighted by Crippen LogP contribution is -2.28. The van der Waals surface area contributed by atoms with E-state index in [1.807, 2.05) is 30.3 Å². The first-order valence-corrected chi connectivity index (χ1v) is 10.2. The third kappa shape index (κ3) is 3.92. The molecular weight excluding hydrogens is 397 g/mol. The zero-order valence-corrected chi connectivity index (χ0v) is 16.6. The van der Waals surface area contributed by atoms with Crippen LogP contribution in [-0.4, -0.2) is 27.7 Å². The number of rotatable bonds is 6. The molecule has 1 aliphatic carbocycles. The number of carbonyl (C=O) groups is 1. The molecule has 2 aromatic carbocycles. The quantitative estimate of drug-likeness (QED) is 0.486. The van der Waals surface area contributed by atoms with Crippen LogP contribution in [0.2, 0.25) is 0 Å². The molecule has 2 aromatic heterocycles. The molecule has 0 bridgehead atoms. The Balaban J connectivity index is 1.47. The van der Waals surface area contributed by atoms with Crippen molar-refractivity contribution in [1.29, 1.82) is 0 Å². The molecule has 0 radical (unpaired) electrons. The van der Waals surface area contributed by atoms with E-state index in [1.54, 1.807) is 6.07 Å². The van der Waals surface area contributed by atoms with E-state index in [9.17, 15) is 14.3 Å². The molecule has 31 heavy (non-hydrogen) atoms. The average Bonchev–Trinajstić information content (AvgIpc) is 3.56. The summed E-state index contributed by atoms with van der Waals surface area (Å²) in [5.74, 6) is -0.408. The SMILES string of the molecule is O=C(NCC(O)c1ccc(F)cc1)c1cc(C2CC2)nc2onc(-c3ccccc3)c12. The van der Waals surface area contributed by atoms with Gasteiger partial charge in [-0.15, -0.1) is 0 Å². The number of nitrogens with zero attached hydrogens (tertiary/aromatic N) is 2. The molecule has 0 saturated heterocycles. The van der Waals surface area contributed by atoms with Gasteiger partial charge in [0.15, 0.2) is 0 Å². The van der Waals surface area contributed by atoms with E-state index in [1.165, 1.54) is 24.3 Å². The summed E-state index contributed by atoms with van der Waals surface area (Å²) in [7, 11) is 0. The average molecular weight is 417 g/mol. The van der Waals surface area contributed by atoms with Crippen LogP contribution in [-0.2, 0) is 0 Å². The highest BCUT2D eigenvalue weighted by atomic mass is 19.1. The fraction of sp³-hybridized carbons (Fsp3) is 0.208. The van der Waals surface area contributed by atoms with Gasteiger partial charge in [0.25, 0.3) is 11.6 Å². The fourth-order valence-electron chi connectivity index (χ4n) is 3.62. The standard InChI is InChI=1S/C24H20FN3O3/c25-17-10-8-15(9-11-17)20(29)13-26-23(30)18-12-19(14-6-7-14)27-24-21(18)22(28-31-24)16-4-2-1-3-5-16/h1-5,8-12,14,20,29H,6-7,13H2,(H,26,30). The Morgan fingerprint density at radius 3 is 2.61 bits per heavy atom. The van der Waals surface area contributed by atoms with Crippen LogP contribution in [0.15, 0.2) is 65.2 Å². The lowest BCUT2D eigenvalue weighted by Gasteiger charge is -2.13. The zero-order chi connectivity index (χ0) is 21.4. The molecule has 5 rings (SSSR count). The minimum absolute atomic E-state index is 0.0149. The van der Waals surface area contributed by atoms with Crippen LogP contribution in [0.25, 0.3) is 22.4 Å². The predicted molar refractivity (Wildman–Crippen MR) is 113 cm³/mol. The van der Waals surface area contributed by atoms with Crippen molar-refractivity contribution in [2.75, 3.05) is 6.54 Å². The molecule has 0 aliphatic heterocycles. The van der Waals surface area contributed by atoms with Gasteiger partial charge in [0.05, 0.1) is 17.1 Å². The first-order chi connectivity index (χ1) is 15.1. The minimum atomic E-state index is -0.958. The van der Waals surface area contributed by atoms with E-state index in [-0.39, 0.29) is 18.3 Å². The van der Waals surface area contributed by atoms with Gasteiger partial charge in [-0.25, -0.2) is 9.37 Å². The molecule has 2 heterocycles. The number of halogens is 1. The maximum Gasteiger partial charge on any atom is 0.259 e. The molecule has 1 fully saturated rings. The van der Waals surface area contributed by atoms with E-state index in [4.69, 9.17) is 4.52 Å². The van der Waals surface area contributed by atoms with Gasteiger partial charge in [-0.3, -0.25) is 4.79 Å². The monoisotopic (exact) mass is 417 g/mol. The van der Waals surface area contributed by atoms with Gasteiger partial charge >= 0.3 is 0 Å². The summed E-state index contributed by atoms with van der Waals surface area (Å²) in [5, 5.41) is 17.9. The van der Waals surface area contributed by atoms with Gasteiger partial charge in [-0.2, -0.15) is 0 Å². The number of hydrogen-bond acceptors (Lipinski definition) is 5. The lowest BCUT2D eigenvalue weighted by atomic mass is 10.0. The number of fused-ring (bicyclic) bond motifs is 1. The van der Waals surface area contributed by atoms with E-state index in [0.29, 0.717) is 33.8 Å². The van der Waals surface area contributed by atoms with Gasteiger partial charge in [-0.1, -0.05) is 47.6 Å². The molecule has 7 heteroatoms. The first-order valence-electron chi connectivity index (χ1n) is 10.2. The molecule has 156 valence electrons. The molecule has 1 atom stereocenters. The van der Waals surface area contributed by atoms with Crippen molar-refractivity contribution < 1.29 is 18.8 Å². The smallest absolute Gasteiger partial charge is 0.259 e. The maximum atomic E-state index is 13.1. The Bertz CT molecular complexity index is 1230. The van der Waals surface area contributed by atoms with Crippen LogP contribution in [0.4, 0.5) is 4.39 Å². The van der Waals surface area contributed by atoms with Gasteiger partial charge in [0.1, 0.15) is 11.5 Å². The summed E-state index contributed by atoms with van der Waals surface area (Å²) >= 11 is 0. The van der Waals surface area contributed by atoms with Crippen LogP contribution < -0.4 is 5.32 Å². The number of benzene rings is 2. The number of amides is 1. The van der Waals surface area contributed by atoms with Gasteiger partial charge in [0, 0.05) is 23.7 Å². The first kappa shape index (κ1) is 19.4. The minimum Gasteiger partial charge on any atom is -0.387 e. The number of carbonyl (C=O) groups excluding carboxylic acids is 1. The third-order valence-electron chi connectivity index (χ3n) is 5.46. The predicted octanol–water partition coefficient (Wildman–Crippen LogP) is 4.37. The van der Waals surface area contributed by atoms with E-state index >= 15 is 0 Å². The molecule has 4 aromatic rings. The lowest BCUT2D eigenvalue weighted by molar-refractivity contribution is 0.0917. The zero-order valence-electron chi connectivity index (χ0n) is 16.6. The largest absolute Gasteiger partial charge is 0.387 e. The van der Waals surface area contributed by atoms with E-state index < -0.39 is 6.10 Å². The van der Waals surface area contributed by atoms with Crippen LogP contribution >= 0.6 is 0 Å². The molecular formula is C24H20FN3O3. The maximum absolute atomic E-state index is 13.1. The Kier molecular flexibility index (Phi) is 4.95. The number of nitrogens with one attached hydrogen (secondary N) is 1. The third-order valence-corrected chi connectivity index (χ3v) is 5.46. The molecule has 0 spiro atoms. The number of aliphatic hydroxyl groups is 1. The second-order valence-electron chi connectivity index (χ2n) is 7.72. The van der Waals surface area contributed by atoms with E-state index in [0.717, 1.165) is 24.1 Å². The number of hydrogen-bond donors (Lipinski definition) is 2. The summed E-state index contributed by atoms with van der Waals surface area (Å²) in [6, 6.07) is 16.8. The Hall–Kier alpha value is -3.58. The van der Waals surface area contributed by atoms with Crippen molar-refractivity contribution in [3.8, 4) is 11.3 Å². The topological polar surface area (TPSA) is 88.2 Å². The molecule has 1 saturated carbocycles. The van der Waals surface area contributed by atoms with Crippen molar-refractivity contribution in [1.82, 2.24) is 15.5 Å².